The quantitative estimate of drug-likeness (QED) is 0.401. The first kappa shape index (κ1) is 24.8. The van der Waals surface area contributed by atoms with Crippen LogP contribution in [0.4, 0.5) is 4.79 Å². The number of carbonyl (C=O) groups is 3. The lowest BCUT2D eigenvalue weighted by Gasteiger charge is -2.14. The van der Waals surface area contributed by atoms with Gasteiger partial charge >= 0.3 is 12.1 Å². The van der Waals surface area contributed by atoms with E-state index in [1.54, 1.807) is 0 Å². The number of hydrogen-bond donors (Lipinski definition) is 3. The minimum Gasteiger partial charge on any atom is -0.481 e. The van der Waals surface area contributed by atoms with Crippen LogP contribution in [0.1, 0.15) is 68.4 Å². The van der Waals surface area contributed by atoms with Crippen LogP contribution < -0.4 is 10.6 Å². The van der Waals surface area contributed by atoms with Crippen LogP contribution in [0.25, 0.3) is 11.1 Å². The second kappa shape index (κ2) is 11.9. The number of unbranched alkanes of at least 4 members (excludes halogenated alkanes) is 2. The van der Waals surface area contributed by atoms with Crippen molar-refractivity contribution in [1.29, 1.82) is 0 Å². The minimum atomic E-state index is -0.770. The number of amides is 2. The molecule has 0 aromatic heterocycles. The van der Waals surface area contributed by atoms with Crippen LogP contribution in [0.2, 0.25) is 0 Å². The third-order valence-electron chi connectivity index (χ3n) is 7.06. The van der Waals surface area contributed by atoms with Crippen LogP contribution >= 0.6 is 0 Å². The summed E-state index contributed by atoms with van der Waals surface area (Å²) in [7, 11) is 0. The Labute approximate surface area is 206 Å². The predicted molar refractivity (Wildman–Crippen MR) is 133 cm³/mol. The Bertz CT molecular complexity index is 1010. The summed E-state index contributed by atoms with van der Waals surface area (Å²) in [5.41, 5.74) is 4.79. The summed E-state index contributed by atoms with van der Waals surface area (Å²) in [5.74, 6) is -0.531. The van der Waals surface area contributed by atoms with Crippen molar-refractivity contribution in [2.24, 2.45) is 5.92 Å². The maximum atomic E-state index is 12.2. The molecule has 7 nitrogen and oxygen atoms in total. The molecule has 35 heavy (non-hydrogen) atoms. The van der Waals surface area contributed by atoms with Crippen LogP contribution in [0.5, 0.6) is 0 Å². The Hall–Kier alpha value is -3.35. The smallest absolute Gasteiger partial charge is 0.407 e. The van der Waals surface area contributed by atoms with Crippen LogP contribution in [0.3, 0.4) is 0 Å². The van der Waals surface area contributed by atoms with Gasteiger partial charge in [-0.25, -0.2) is 4.79 Å². The number of carboxylic acids is 1. The average molecular weight is 479 g/mol. The minimum absolute atomic E-state index is 0.0236. The summed E-state index contributed by atoms with van der Waals surface area (Å²) in [6, 6.07) is 16.6. The molecule has 0 spiro atoms. The van der Waals surface area contributed by atoms with Gasteiger partial charge in [0.2, 0.25) is 5.91 Å². The fourth-order valence-electron chi connectivity index (χ4n) is 5.37. The van der Waals surface area contributed by atoms with Gasteiger partial charge in [0.1, 0.15) is 6.61 Å². The average Bonchev–Trinajstić information content (AvgIpc) is 3.41. The number of rotatable bonds is 11. The maximum Gasteiger partial charge on any atom is 0.407 e. The molecule has 2 atom stereocenters. The van der Waals surface area contributed by atoms with Gasteiger partial charge in [0.05, 0.1) is 0 Å². The fraction of sp³-hybridized carbons (Fsp3) is 0.464. The molecule has 1 fully saturated rings. The Morgan fingerprint density at radius 1 is 0.914 bits per heavy atom. The van der Waals surface area contributed by atoms with Gasteiger partial charge < -0.3 is 20.5 Å². The highest BCUT2D eigenvalue weighted by atomic mass is 16.5. The van der Waals surface area contributed by atoms with Crippen molar-refractivity contribution in [3.63, 3.8) is 0 Å². The lowest BCUT2D eigenvalue weighted by molar-refractivity contribution is -0.138. The molecular weight excluding hydrogens is 444 g/mol. The van der Waals surface area contributed by atoms with E-state index < -0.39 is 12.1 Å². The van der Waals surface area contributed by atoms with E-state index in [1.807, 2.05) is 24.3 Å². The number of alkyl carbamates (subject to hydrolysis) is 1. The van der Waals surface area contributed by atoms with Crippen molar-refractivity contribution in [2.45, 2.75) is 63.3 Å². The molecule has 7 heteroatoms. The molecule has 0 bridgehead atoms. The van der Waals surface area contributed by atoms with Crippen molar-refractivity contribution in [2.75, 3.05) is 13.2 Å². The van der Waals surface area contributed by atoms with Gasteiger partial charge in [-0.2, -0.15) is 0 Å². The fourth-order valence-corrected chi connectivity index (χ4v) is 5.37. The standard InChI is InChI=1S/C28H34N2O5/c31-26(30-20-14-13-19(16-20)17-27(32)33)12-2-1-7-15-29-28(34)35-18-25-23-10-5-3-8-21(23)22-9-4-6-11-24(22)25/h3-6,8-11,19-20,25H,1-2,7,12-18H2,(H,29,34)(H,30,31)(H,32,33). The largest absolute Gasteiger partial charge is 0.481 e. The van der Waals surface area contributed by atoms with Crippen LogP contribution in [-0.4, -0.2) is 42.3 Å². The Morgan fingerprint density at radius 2 is 1.60 bits per heavy atom. The summed E-state index contributed by atoms with van der Waals surface area (Å²) < 4.78 is 5.54. The normalized spacial score (nSPS) is 18.5. The summed E-state index contributed by atoms with van der Waals surface area (Å²) in [6.45, 7) is 0.812. The highest BCUT2D eigenvalue weighted by Gasteiger charge is 2.29. The zero-order valence-corrected chi connectivity index (χ0v) is 20.0. The van der Waals surface area contributed by atoms with Gasteiger partial charge in [-0.1, -0.05) is 55.0 Å². The molecule has 0 aliphatic heterocycles. The highest BCUT2D eigenvalue weighted by Crippen LogP contribution is 2.44. The number of hydrogen-bond acceptors (Lipinski definition) is 4. The van der Waals surface area contributed by atoms with Gasteiger partial charge in [-0.05, 0) is 60.3 Å². The summed E-state index contributed by atoms with van der Waals surface area (Å²) in [6.07, 6.45) is 5.05. The first-order chi connectivity index (χ1) is 17.0. The zero-order chi connectivity index (χ0) is 24.6. The molecule has 2 aromatic rings. The van der Waals surface area contributed by atoms with Gasteiger partial charge in [0.25, 0.3) is 0 Å². The van der Waals surface area contributed by atoms with E-state index in [1.165, 1.54) is 22.3 Å². The molecule has 2 aliphatic rings. The predicted octanol–water partition coefficient (Wildman–Crippen LogP) is 4.85. The molecule has 0 heterocycles. The Morgan fingerprint density at radius 3 is 2.29 bits per heavy atom. The first-order valence-electron chi connectivity index (χ1n) is 12.6. The second-order valence-electron chi connectivity index (χ2n) is 9.60. The van der Waals surface area contributed by atoms with E-state index in [2.05, 4.69) is 34.9 Å². The van der Waals surface area contributed by atoms with Gasteiger partial charge in [-0.15, -0.1) is 0 Å². The molecule has 0 saturated heterocycles. The van der Waals surface area contributed by atoms with Crippen LogP contribution in [0.15, 0.2) is 48.5 Å². The molecular formula is C28H34N2O5. The molecule has 2 aliphatic carbocycles. The summed E-state index contributed by atoms with van der Waals surface area (Å²) >= 11 is 0. The molecule has 2 aromatic carbocycles. The third-order valence-corrected chi connectivity index (χ3v) is 7.06. The van der Waals surface area contributed by atoms with Crippen LogP contribution in [0, 0.1) is 5.92 Å². The maximum absolute atomic E-state index is 12.2. The number of nitrogens with one attached hydrogen (secondary N) is 2. The van der Waals surface area contributed by atoms with E-state index >= 15 is 0 Å². The van der Waals surface area contributed by atoms with Crippen LogP contribution in [-0.2, 0) is 14.3 Å². The molecule has 2 unspecified atom stereocenters. The number of carboxylic acid groups (broad SMARTS) is 1. The Balaban J connectivity index is 1.09. The number of carbonyl (C=O) groups excluding carboxylic acids is 2. The zero-order valence-electron chi connectivity index (χ0n) is 20.0. The van der Waals surface area contributed by atoms with Crippen molar-refractivity contribution < 1.29 is 24.2 Å². The monoisotopic (exact) mass is 478 g/mol. The molecule has 186 valence electrons. The van der Waals surface area contributed by atoms with E-state index in [4.69, 9.17) is 9.84 Å². The Kier molecular flexibility index (Phi) is 8.40. The lowest BCUT2D eigenvalue weighted by atomic mass is 9.98. The highest BCUT2D eigenvalue weighted by molar-refractivity contribution is 5.79. The molecule has 4 rings (SSSR count). The van der Waals surface area contributed by atoms with E-state index in [-0.39, 0.29) is 30.2 Å². The van der Waals surface area contributed by atoms with Crippen molar-refractivity contribution in [3.8, 4) is 11.1 Å². The summed E-state index contributed by atoms with van der Waals surface area (Å²) in [5, 5.41) is 14.7. The molecule has 0 radical (unpaired) electrons. The molecule has 3 N–H and O–H groups in total. The van der Waals surface area contributed by atoms with E-state index in [0.29, 0.717) is 19.6 Å². The number of aliphatic carboxylic acids is 1. The van der Waals surface area contributed by atoms with Crippen molar-refractivity contribution in [1.82, 2.24) is 10.6 Å². The SMILES string of the molecule is O=C(O)CC1CCC(NC(=O)CCCCCNC(=O)OCC2c3ccccc3-c3ccccc32)C1. The molecule has 2 amide bonds. The van der Waals surface area contributed by atoms with Gasteiger partial charge in [0.15, 0.2) is 0 Å². The van der Waals surface area contributed by atoms with Gasteiger partial charge in [-0.3, -0.25) is 9.59 Å². The van der Waals surface area contributed by atoms with E-state index in [9.17, 15) is 14.4 Å². The number of ether oxygens (including phenoxy) is 1. The molecule has 1 saturated carbocycles. The topological polar surface area (TPSA) is 105 Å². The number of fused-ring (bicyclic) bond motifs is 3. The van der Waals surface area contributed by atoms with Crippen molar-refractivity contribution >= 4 is 18.0 Å². The third kappa shape index (κ3) is 6.62. The van der Waals surface area contributed by atoms with E-state index in [0.717, 1.165) is 38.5 Å². The van der Waals surface area contributed by atoms with Crippen molar-refractivity contribution in [3.05, 3.63) is 59.7 Å². The first-order valence-corrected chi connectivity index (χ1v) is 12.6. The second-order valence-corrected chi connectivity index (χ2v) is 9.60. The summed E-state index contributed by atoms with van der Waals surface area (Å²) in [4.78, 5) is 35.2. The number of benzene rings is 2. The van der Waals surface area contributed by atoms with Gasteiger partial charge in [0, 0.05) is 31.3 Å². The lowest BCUT2D eigenvalue weighted by Crippen LogP contribution is -2.32.